The highest BCUT2D eigenvalue weighted by molar-refractivity contribution is 5.91. The third kappa shape index (κ3) is 2.36. The van der Waals surface area contributed by atoms with E-state index in [0.29, 0.717) is 6.04 Å². The van der Waals surface area contributed by atoms with E-state index >= 15 is 0 Å². The Morgan fingerprint density at radius 3 is 2.75 bits per heavy atom. The Balaban J connectivity index is 2.26. The summed E-state index contributed by atoms with van der Waals surface area (Å²) in [5, 5.41) is 2.93. The lowest BCUT2D eigenvalue weighted by Gasteiger charge is -2.11. The Morgan fingerprint density at radius 2 is 2.25 bits per heavy atom. The molecule has 0 bridgehead atoms. The molecule has 1 rings (SSSR count). The van der Waals surface area contributed by atoms with Crippen molar-refractivity contribution in [3.63, 3.8) is 0 Å². The minimum atomic E-state index is 0.0778. The van der Waals surface area contributed by atoms with Crippen LogP contribution in [0.25, 0.3) is 0 Å². The van der Waals surface area contributed by atoms with E-state index in [0.717, 1.165) is 6.42 Å². The van der Waals surface area contributed by atoms with Crippen molar-refractivity contribution in [2.45, 2.75) is 45.6 Å². The molecule has 1 aliphatic heterocycles. The van der Waals surface area contributed by atoms with Gasteiger partial charge in [-0.05, 0) is 18.9 Å². The summed E-state index contributed by atoms with van der Waals surface area (Å²) in [6, 6.07) is 0.323. The molecule has 0 radical (unpaired) electrons. The molecular weight excluding hydrogens is 150 g/mol. The van der Waals surface area contributed by atoms with E-state index in [1.807, 2.05) is 6.92 Å². The average Bonchev–Trinajstić information content (AvgIpc) is 2.31. The van der Waals surface area contributed by atoms with E-state index in [4.69, 9.17) is 0 Å². The summed E-state index contributed by atoms with van der Waals surface area (Å²) in [5.41, 5.74) is 1.19. The molecule has 1 atom stereocenters. The Bertz CT molecular complexity index is 196. The number of carbonyl (C=O) groups excluding carboxylic acids is 1. The standard InChI is InChI=1S/C10H17NO/c1-3-4-5-6-9-8(2)7-10(12)11-9/h7,9H,3-6H2,1-2H3,(H,11,12). The molecule has 0 aromatic rings. The van der Waals surface area contributed by atoms with E-state index in [2.05, 4.69) is 12.2 Å². The van der Waals surface area contributed by atoms with Crippen molar-refractivity contribution in [2.24, 2.45) is 0 Å². The number of nitrogens with one attached hydrogen (secondary N) is 1. The summed E-state index contributed by atoms with van der Waals surface area (Å²) < 4.78 is 0. The number of hydrogen-bond acceptors (Lipinski definition) is 1. The first-order valence-corrected chi connectivity index (χ1v) is 4.72. The van der Waals surface area contributed by atoms with Gasteiger partial charge in [0.05, 0.1) is 6.04 Å². The van der Waals surface area contributed by atoms with Crippen molar-refractivity contribution < 1.29 is 4.79 Å². The Morgan fingerprint density at radius 1 is 1.50 bits per heavy atom. The first-order valence-electron chi connectivity index (χ1n) is 4.72. The Hall–Kier alpha value is -0.790. The van der Waals surface area contributed by atoms with Crippen LogP contribution in [0, 0.1) is 0 Å². The molecule has 0 aromatic carbocycles. The highest BCUT2D eigenvalue weighted by Crippen LogP contribution is 2.14. The van der Waals surface area contributed by atoms with Gasteiger partial charge in [0.1, 0.15) is 0 Å². The largest absolute Gasteiger partial charge is 0.346 e. The van der Waals surface area contributed by atoms with Gasteiger partial charge in [-0.25, -0.2) is 0 Å². The summed E-state index contributed by atoms with van der Waals surface area (Å²) in [4.78, 5) is 10.9. The molecule has 1 N–H and O–H groups in total. The molecule has 2 heteroatoms. The molecule has 0 spiro atoms. The summed E-state index contributed by atoms with van der Waals surface area (Å²) >= 11 is 0. The summed E-state index contributed by atoms with van der Waals surface area (Å²) in [6.07, 6.45) is 6.52. The minimum Gasteiger partial charge on any atom is -0.346 e. The van der Waals surface area contributed by atoms with Gasteiger partial charge < -0.3 is 5.32 Å². The topological polar surface area (TPSA) is 29.1 Å². The van der Waals surface area contributed by atoms with E-state index in [9.17, 15) is 4.79 Å². The lowest BCUT2D eigenvalue weighted by molar-refractivity contribution is -0.116. The van der Waals surface area contributed by atoms with E-state index in [1.54, 1.807) is 6.08 Å². The second-order valence-corrected chi connectivity index (χ2v) is 3.45. The molecule has 1 heterocycles. The van der Waals surface area contributed by atoms with Gasteiger partial charge in [-0.2, -0.15) is 0 Å². The number of unbranched alkanes of at least 4 members (excludes halogenated alkanes) is 2. The zero-order valence-electron chi connectivity index (χ0n) is 7.89. The van der Waals surface area contributed by atoms with E-state index < -0.39 is 0 Å². The number of carbonyl (C=O) groups is 1. The zero-order valence-corrected chi connectivity index (χ0v) is 7.89. The second-order valence-electron chi connectivity index (χ2n) is 3.45. The molecule has 0 saturated carbocycles. The van der Waals surface area contributed by atoms with Crippen LogP contribution >= 0.6 is 0 Å². The highest BCUT2D eigenvalue weighted by atomic mass is 16.1. The molecule has 0 fully saturated rings. The van der Waals surface area contributed by atoms with Crippen LogP contribution < -0.4 is 5.32 Å². The molecule has 0 saturated heterocycles. The summed E-state index contributed by atoms with van der Waals surface area (Å²) in [6.45, 7) is 4.21. The maximum atomic E-state index is 10.9. The average molecular weight is 167 g/mol. The van der Waals surface area contributed by atoms with Gasteiger partial charge in [-0.3, -0.25) is 4.79 Å². The van der Waals surface area contributed by atoms with Gasteiger partial charge in [0.25, 0.3) is 0 Å². The van der Waals surface area contributed by atoms with Crippen LogP contribution in [0.4, 0.5) is 0 Å². The lowest BCUT2D eigenvalue weighted by Crippen LogP contribution is -2.27. The third-order valence-corrected chi connectivity index (χ3v) is 2.32. The van der Waals surface area contributed by atoms with Crippen LogP contribution in [0.5, 0.6) is 0 Å². The van der Waals surface area contributed by atoms with Crippen molar-refractivity contribution in [1.29, 1.82) is 0 Å². The molecule has 2 nitrogen and oxygen atoms in total. The smallest absolute Gasteiger partial charge is 0.244 e. The maximum Gasteiger partial charge on any atom is 0.244 e. The van der Waals surface area contributed by atoms with Crippen LogP contribution in [0.15, 0.2) is 11.6 Å². The lowest BCUT2D eigenvalue weighted by atomic mass is 10.0. The van der Waals surface area contributed by atoms with Gasteiger partial charge in [0.2, 0.25) is 5.91 Å². The van der Waals surface area contributed by atoms with Crippen molar-refractivity contribution >= 4 is 5.91 Å². The molecule has 68 valence electrons. The second kappa shape index (κ2) is 4.29. The molecular formula is C10H17NO. The first-order chi connectivity index (χ1) is 5.74. The Kier molecular flexibility index (Phi) is 3.32. The van der Waals surface area contributed by atoms with Crippen molar-refractivity contribution in [3.8, 4) is 0 Å². The quantitative estimate of drug-likeness (QED) is 0.638. The van der Waals surface area contributed by atoms with E-state index in [-0.39, 0.29) is 5.91 Å². The fourth-order valence-corrected chi connectivity index (χ4v) is 1.53. The van der Waals surface area contributed by atoms with Gasteiger partial charge in [-0.1, -0.05) is 26.2 Å². The fraction of sp³-hybridized carbons (Fsp3) is 0.700. The third-order valence-electron chi connectivity index (χ3n) is 2.32. The fourth-order valence-electron chi connectivity index (χ4n) is 1.53. The molecule has 1 unspecified atom stereocenters. The summed E-state index contributed by atoms with van der Waals surface area (Å²) in [7, 11) is 0. The first kappa shape index (κ1) is 9.30. The highest BCUT2D eigenvalue weighted by Gasteiger charge is 2.18. The Labute approximate surface area is 74.0 Å². The SMILES string of the molecule is CCCCCC1NC(=O)C=C1C. The van der Waals surface area contributed by atoms with Crippen LogP contribution in [0.1, 0.15) is 39.5 Å². The zero-order chi connectivity index (χ0) is 8.97. The van der Waals surface area contributed by atoms with Crippen molar-refractivity contribution in [3.05, 3.63) is 11.6 Å². The van der Waals surface area contributed by atoms with Gasteiger partial charge in [0, 0.05) is 6.08 Å². The molecule has 0 aromatic heterocycles. The molecule has 1 aliphatic rings. The predicted molar refractivity (Wildman–Crippen MR) is 49.8 cm³/mol. The minimum absolute atomic E-state index is 0.0778. The number of rotatable bonds is 4. The van der Waals surface area contributed by atoms with Crippen LogP contribution in [0.2, 0.25) is 0 Å². The molecule has 12 heavy (non-hydrogen) atoms. The van der Waals surface area contributed by atoms with Gasteiger partial charge in [0.15, 0.2) is 0 Å². The number of hydrogen-bond donors (Lipinski definition) is 1. The van der Waals surface area contributed by atoms with Crippen LogP contribution in [-0.2, 0) is 4.79 Å². The van der Waals surface area contributed by atoms with Crippen LogP contribution in [-0.4, -0.2) is 11.9 Å². The number of amides is 1. The monoisotopic (exact) mass is 167 g/mol. The molecule has 1 amide bonds. The van der Waals surface area contributed by atoms with Crippen molar-refractivity contribution in [2.75, 3.05) is 0 Å². The van der Waals surface area contributed by atoms with Crippen LogP contribution in [0.3, 0.4) is 0 Å². The van der Waals surface area contributed by atoms with Gasteiger partial charge in [-0.15, -0.1) is 0 Å². The van der Waals surface area contributed by atoms with E-state index in [1.165, 1.54) is 24.8 Å². The normalized spacial score (nSPS) is 22.3. The summed E-state index contributed by atoms with van der Waals surface area (Å²) in [5.74, 6) is 0.0778. The predicted octanol–water partition coefficient (Wildman–Crippen LogP) is 2.01. The maximum absolute atomic E-state index is 10.9. The van der Waals surface area contributed by atoms with Crippen molar-refractivity contribution in [1.82, 2.24) is 5.32 Å². The molecule has 0 aliphatic carbocycles. The van der Waals surface area contributed by atoms with Gasteiger partial charge >= 0.3 is 0 Å².